The van der Waals surface area contributed by atoms with Gasteiger partial charge in [-0.15, -0.1) is 0 Å². The third kappa shape index (κ3) is 6.45. The van der Waals surface area contributed by atoms with E-state index < -0.39 is 23.8 Å². The van der Waals surface area contributed by atoms with Gasteiger partial charge in [0.15, 0.2) is 0 Å². The molecule has 3 atom stereocenters. The Balaban J connectivity index is 2.80. The van der Waals surface area contributed by atoms with Crippen LogP contribution in [0, 0.1) is 5.92 Å². The number of hydrogen-bond donors (Lipinski definition) is 3. The van der Waals surface area contributed by atoms with Crippen LogP contribution in [0.15, 0.2) is 30.3 Å². The normalized spacial score (nSPS) is 15.7. The third-order valence-corrected chi connectivity index (χ3v) is 3.28. The van der Waals surface area contributed by atoms with E-state index in [4.69, 9.17) is 4.74 Å². The van der Waals surface area contributed by atoms with Crippen molar-refractivity contribution >= 4 is 6.09 Å². The molecule has 0 fully saturated rings. The molecule has 1 unspecified atom stereocenters. The van der Waals surface area contributed by atoms with Crippen LogP contribution in [0.5, 0.6) is 0 Å². The highest BCUT2D eigenvalue weighted by Crippen LogP contribution is 2.14. The minimum atomic E-state index is -0.863. The molecule has 0 bridgehead atoms. The first-order valence-electron chi connectivity index (χ1n) is 7.55. The molecular weight excluding hydrogens is 282 g/mol. The first kappa shape index (κ1) is 18.5. The van der Waals surface area contributed by atoms with E-state index in [1.807, 2.05) is 30.3 Å². The molecule has 5 nitrogen and oxygen atoms in total. The van der Waals surface area contributed by atoms with Crippen LogP contribution in [0.1, 0.15) is 33.3 Å². The molecular formula is C17H27NO4. The molecule has 0 radical (unpaired) electrons. The van der Waals surface area contributed by atoms with E-state index in [1.165, 1.54) is 0 Å². The predicted molar refractivity (Wildman–Crippen MR) is 85.6 cm³/mol. The summed E-state index contributed by atoms with van der Waals surface area (Å²) in [7, 11) is 0. The number of amides is 1. The molecule has 3 N–H and O–H groups in total. The molecule has 22 heavy (non-hydrogen) atoms. The number of carbonyl (C=O) groups is 1. The number of aliphatic hydroxyl groups is 2. The lowest BCUT2D eigenvalue weighted by atomic mass is 9.93. The van der Waals surface area contributed by atoms with Crippen molar-refractivity contribution in [3.63, 3.8) is 0 Å². The lowest BCUT2D eigenvalue weighted by Gasteiger charge is -2.29. The highest BCUT2D eigenvalue weighted by atomic mass is 16.6. The fourth-order valence-corrected chi connectivity index (χ4v) is 2.09. The quantitative estimate of drug-likeness (QED) is 0.752. The van der Waals surface area contributed by atoms with Crippen molar-refractivity contribution in [2.24, 2.45) is 5.92 Å². The second-order valence-electron chi connectivity index (χ2n) is 6.59. The standard InChI is InChI=1S/C17H27NO4/c1-12(11-19)15(20)14(10-13-8-6-5-7-9-13)18-16(21)22-17(2,3)4/h5-9,12,14-15,19-20H,10-11H2,1-4H3,(H,18,21)/t12?,14-,15-/m0/s1. The van der Waals surface area contributed by atoms with Gasteiger partial charge in [0.25, 0.3) is 0 Å². The monoisotopic (exact) mass is 309 g/mol. The van der Waals surface area contributed by atoms with Crippen LogP contribution in [0.2, 0.25) is 0 Å². The largest absolute Gasteiger partial charge is 0.444 e. The van der Waals surface area contributed by atoms with Crippen LogP contribution in [0.4, 0.5) is 4.79 Å². The molecule has 0 saturated carbocycles. The Morgan fingerprint density at radius 3 is 2.36 bits per heavy atom. The molecule has 0 aliphatic rings. The number of ether oxygens (including phenoxy) is 1. The summed E-state index contributed by atoms with van der Waals surface area (Å²) in [5.74, 6) is -0.344. The van der Waals surface area contributed by atoms with Gasteiger partial charge in [0, 0.05) is 12.5 Å². The average molecular weight is 309 g/mol. The Morgan fingerprint density at radius 2 is 1.86 bits per heavy atom. The van der Waals surface area contributed by atoms with Crippen molar-refractivity contribution in [3.8, 4) is 0 Å². The van der Waals surface area contributed by atoms with Crippen molar-refractivity contribution in [2.75, 3.05) is 6.61 Å². The minimum Gasteiger partial charge on any atom is -0.444 e. The lowest BCUT2D eigenvalue weighted by Crippen LogP contribution is -2.49. The van der Waals surface area contributed by atoms with Crippen LogP contribution in [0.3, 0.4) is 0 Å². The molecule has 0 spiro atoms. The molecule has 5 heteroatoms. The fraction of sp³-hybridized carbons (Fsp3) is 0.588. The van der Waals surface area contributed by atoms with Crippen LogP contribution in [-0.4, -0.2) is 40.7 Å². The number of aliphatic hydroxyl groups excluding tert-OH is 2. The van der Waals surface area contributed by atoms with Crippen LogP contribution in [-0.2, 0) is 11.2 Å². The molecule has 124 valence electrons. The van der Waals surface area contributed by atoms with E-state index in [2.05, 4.69) is 5.32 Å². The van der Waals surface area contributed by atoms with Crippen molar-refractivity contribution < 1.29 is 19.7 Å². The van der Waals surface area contributed by atoms with Crippen molar-refractivity contribution in [1.82, 2.24) is 5.32 Å². The summed E-state index contributed by atoms with van der Waals surface area (Å²) in [5, 5.41) is 22.3. The Morgan fingerprint density at radius 1 is 1.27 bits per heavy atom. The van der Waals surface area contributed by atoms with Gasteiger partial charge in [0.2, 0.25) is 0 Å². The van der Waals surface area contributed by atoms with E-state index in [0.29, 0.717) is 6.42 Å². The number of hydrogen-bond acceptors (Lipinski definition) is 4. The van der Waals surface area contributed by atoms with Gasteiger partial charge in [-0.25, -0.2) is 4.79 Å². The van der Waals surface area contributed by atoms with Gasteiger partial charge < -0.3 is 20.3 Å². The molecule has 0 aromatic heterocycles. The Kier molecular flexibility index (Phi) is 6.84. The van der Waals surface area contributed by atoms with E-state index in [1.54, 1.807) is 27.7 Å². The summed E-state index contributed by atoms with van der Waals surface area (Å²) < 4.78 is 5.25. The first-order valence-corrected chi connectivity index (χ1v) is 7.55. The van der Waals surface area contributed by atoms with Crippen LogP contribution < -0.4 is 5.32 Å². The number of rotatable bonds is 6. The molecule has 0 saturated heterocycles. The second-order valence-corrected chi connectivity index (χ2v) is 6.59. The summed E-state index contributed by atoms with van der Waals surface area (Å²) in [6, 6.07) is 9.05. The van der Waals surface area contributed by atoms with Crippen molar-refractivity contribution in [2.45, 2.75) is 51.9 Å². The highest BCUT2D eigenvalue weighted by molar-refractivity contribution is 5.68. The third-order valence-electron chi connectivity index (χ3n) is 3.28. The van der Waals surface area contributed by atoms with E-state index in [-0.39, 0.29) is 12.5 Å². The first-order chi connectivity index (χ1) is 10.2. The summed E-state index contributed by atoms with van der Waals surface area (Å²) in [4.78, 5) is 12.0. The van der Waals surface area contributed by atoms with E-state index in [9.17, 15) is 15.0 Å². The maximum atomic E-state index is 12.0. The molecule has 1 rings (SSSR count). The summed E-state index contributed by atoms with van der Waals surface area (Å²) >= 11 is 0. The molecule has 1 aromatic rings. The van der Waals surface area contributed by atoms with Gasteiger partial charge >= 0.3 is 6.09 Å². The molecule has 0 heterocycles. The van der Waals surface area contributed by atoms with Gasteiger partial charge in [-0.05, 0) is 32.8 Å². The topological polar surface area (TPSA) is 78.8 Å². The van der Waals surface area contributed by atoms with Gasteiger partial charge in [-0.1, -0.05) is 37.3 Å². The Hall–Kier alpha value is -1.59. The number of nitrogens with one attached hydrogen (secondary N) is 1. The highest BCUT2D eigenvalue weighted by Gasteiger charge is 2.28. The van der Waals surface area contributed by atoms with Crippen LogP contribution in [0.25, 0.3) is 0 Å². The Bertz CT molecular complexity index is 455. The molecule has 1 aromatic carbocycles. The molecule has 1 amide bonds. The average Bonchev–Trinajstić information content (AvgIpc) is 2.44. The zero-order valence-corrected chi connectivity index (χ0v) is 13.7. The molecule has 0 aliphatic carbocycles. The van der Waals surface area contributed by atoms with Crippen LogP contribution >= 0.6 is 0 Å². The smallest absolute Gasteiger partial charge is 0.407 e. The van der Waals surface area contributed by atoms with Crippen molar-refractivity contribution in [3.05, 3.63) is 35.9 Å². The number of carbonyl (C=O) groups excluding carboxylic acids is 1. The zero-order valence-electron chi connectivity index (χ0n) is 13.7. The minimum absolute atomic E-state index is 0.150. The number of benzene rings is 1. The zero-order chi connectivity index (χ0) is 16.8. The fourth-order valence-electron chi connectivity index (χ4n) is 2.09. The van der Waals surface area contributed by atoms with Gasteiger partial charge in [0.05, 0.1) is 12.1 Å². The Labute approximate surface area is 132 Å². The maximum Gasteiger partial charge on any atom is 0.407 e. The van der Waals surface area contributed by atoms with E-state index in [0.717, 1.165) is 5.56 Å². The van der Waals surface area contributed by atoms with Gasteiger partial charge in [-0.2, -0.15) is 0 Å². The summed E-state index contributed by atoms with van der Waals surface area (Å²) in [6.07, 6.45) is -0.971. The summed E-state index contributed by atoms with van der Waals surface area (Å²) in [5.41, 5.74) is 0.391. The van der Waals surface area contributed by atoms with Gasteiger partial charge in [-0.3, -0.25) is 0 Å². The van der Waals surface area contributed by atoms with Gasteiger partial charge in [0.1, 0.15) is 5.60 Å². The predicted octanol–water partition coefficient (Wildman–Crippen LogP) is 2.11. The number of alkyl carbamates (subject to hydrolysis) is 1. The maximum absolute atomic E-state index is 12.0. The van der Waals surface area contributed by atoms with Crippen molar-refractivity contribution in [1.29, 1.82) is 0 Å². The van der Waals surface area contributed by atoms with E-state index >= 15 is 0 Å². The lowest BCUT2D eigenvalue weighted by molar-refractivity contribution is 0.0247. The second kappa shape index (κ2) is 8.15. The summed E-state index contributed by atoms with van der Waals surface area (Å²) in [6.45, 7) is 6.94. The molecule has 0 aliphatic heterocycles. The SMILES string of the molecule is CC(CO)[C@H](O)[C@H](Cc1ccccc1)NC(=O)OC(C)(C)C.